The molecular formula is C22H22N+. The van der Waals surface area contributed by atoms with Gasteiger partial charge in [0.1, 0.15) is 12.1 Å². The topological polar surface area (TPSA) is 16.6 Å². The highest BCUT2D eigenvalue weighted by Gasteiger charge is 2.40. The van der Waals surface area contributed by atoms with Crippen LogP contribution in [0, 0.1) is 0 Å². The Kier molecular flexibility index (Phi) is 3.95. The molecule has 23 heavy (non-hydrogen) atoms. The summed E-state index contributed by atoms with van der Waals surface area (Å²) < 4.78 is 0. The van der Waals surface area contributed by atoms with Gasteiger partial charge in [0, 0.05) is 23.5 Å². The zero-order chi connectivity index (χ0) is 15.5. The molecule has 1 fully saturated rings. The van der Waals surface area contributed by atoms with E-state index in [-0.39, 0.29) is 0 Å². The van der Waals surface area contributed by atoms with Crippen molar-refractivity contribution in [3.05, 3.63) is 108 Å². The first-order valence-corrected chi connectivity index (χ1v) is 8.41. The molecule has 0 spiro atoms. The van der Waals surface area contributed by atoms with Gasteiger partial charge in [-0.1, -0.05) is 91.0 Å². The van der Waals surface area contributed by atoms with E-state index in [1.807, 2.05) is 0 Å². The summed E-state index contributed by atoms with van der Waals surface area (Å²) >= 11 is 0. The summed E-state index contributed by atoms with van der Waals surface area (Å²) in [4.78, 5) is 0. The number of quaternary nitrogens is 1. The maximum atomic E-state index is 2.56. The SMILES string of the molecule is c1ccc([C@@H]2C[C@H](c3ccccc3)[C@@H](c3ccccc3)[NH2+]2)cc1. The van der Waals surface area contributed by atoms with Crippen molar-refractivity contribution >= 4 is 0 Å². The zero-order valence-corrected chi connectivity index (χ0v) is 13.2. The number of rotatable bonds is 3. The van der Waals surface area contributed by atoms with E-state index in [0.29, 0.717) is 18.0 Å². The summed E-state index contributed by atoms with van der Waals surface area (Å²) in [5.74, 6) is 0.559. The second-order valence-electron chi connectivity index (χ2n) is 6.40. The molecule has 1 heteroatoms. The summed E-state index contributed by atoms with van der Waals surface area (Å²) in [7, 11) is 0. The van der Waals surface area contributed by atoms with E-state index in [4.69, 9.17) is 0 Å². The van der Waals surface area contributed by atoms with Crippen LogP contribution in [0.4, 0.5) is 0 Å². The van der Waals surface area contributed by atoms with E-state index >= 15 is 0 Å². The molecule has 0 aromatic heterocycles. The monoisotopic (exact) mass is 300 g/mol. The second-order valence-corrected chi connectivity index (χ2v) is 6.40. The molecule has 1 aliphatic rings. The predicted octanol–water partition coefficient (Wildman–Crippen LogP) is 4.22. The average molecular weight is 300 g/mol. The van der Waals surface area contributed by atoms with Crippen molar-refractivity contribution in [2.24, 2.45) is 0 Å². The Morgan fingerprint density at radius 3 is 1.61 bits per heavy atom. The van der Waals surface area contributed by atoms with E-state index in [9.17, 15) is 0 Å². The average Bonchev–Trinajstić information content (AvgIpc) is 3.09. The first-order chi connectivity index (χ1) is 11.4. The summed E-state index contributed by atoms with van der Waals surface area (Å²) in [5, 5.41) is 2.56. The first-order valence-electron chi connectivity index (χ1n) is 8.41. The fourth-order valence-corrected chi connectivity index (χ4v) is 3.89. The van der Waals surface area contributed by atoms with Crippen molar-refractivity contribution in [2.45, 2.75) is 24.4 Å². The highest BCUT2D eigenvalue weighted by Crippen LogP contribution is 2.39. The van der Waals surface area contributed by atoms with Gasteiger partial charge in [0.2, 0.25) is 0 Å². The minimum atomic E-state index is 0.490. The van der Waals surface area contributed by atoms with Crippen LogP contribution >= 0.6 is 0 Å². The fourth-order valence-electron chi connectivity index (χ4n) is 3.89. The highest BCUT2D eigenvalue weighted by molar-refractivity contribution is 5.29. The van der Waals surface area contributed by atoms with Gasteiger partial charge in [-0.3, -0.25) is 0 Å². The summed E-state index contributed by atoms with van der Waals surface area (Å²) in [6.07, 6.45) is 1.19. The van der Waals surface area contributed by atoms with Crippen LogP contribution in [0.2, 0.25) is 0 Å². The molecule has 3 aromatic carbocycles. The number of hydrogen-bond donors (Lipinski definition) is 1. The second kappa shape index (κ2) is 6.39. The third kappa shape index (κ3) is 2.93. The maximum Gasteiger partial charge on any atom is 0.119 e. The van der Waals surface area contributed by atoms with Gasteiger partial charge in [-0.15, -0.1) is 0 Å². The molecule has 114 valence electrons. The fraction of sp³-hybridized carbons (Fsp3) is 0.182. The van der Waals surface area contributed by atoms with Crippen molar-refractivity contribution in [1.82, 2.24) is 0 Å². The molecule has 0 aliphatic carbocycles. The van der Waals surface area contributed by atoms with Crippen LogP contribution in [0.1, 0.15) is 41.1 Å². The lowest BCUT2D eigenvalue weighted by Crippen LogP contribution is -2.83. The molecule has 4 rings (SSSR count). The highest BCUT2D eigenvalue weighted by atomic mass is 15.0. The van der Waals surface area contributed by atoms with Crippen molar-refractivity contribution in [2.75, 3.05) is 0 Å². The lowest BCUT2D eigenvalue weighted by molar-refractivity contribution is -0.715. The van der Waals surface area contributed by atoms with Gasteiger partial charge >= 0.3 is 0 Å². The predicted molar refractivity (Wildman–Crippen MR) is 94.1 cm³/mol. The molecular weight excluding hydrogens is 278 g/mol. The molecule has 1 nitrogen and oxygen atoms in total. The van der Waals surface area contributed by atoms with Crippen molar-refractivity contribution in [3.8, 4) is 0 Å². The summed E-state index contributed by atoms with van der Waals surface area (Å²) in [5.41, 5.74) is 4.32. The Bertz CT molecular complexity index is 689. The molecule has 3 aromatic rings. The van der Waals surface area contributed by atoms with Gasteiger partial charge in [-0.25, -0.2) is 0 Å². The van der Waals surface area contributed by atoms with E-state index in [1.165, 1.54) is 23.1 Å². The van der Waals surface area contributed by atoms with Crippen LogP contribution in [0.25, 0.3) is 0 Å². The molecule has 0 saturated carbocycles. The number of benzene rings is 3. The quantitative estimate of drug-likeness (QED) is 0.746. The molecule has 0 amide bonds. The van der Waals surface area contributed by atoms with Crippen LogP contribution in [0.15, 0.2) is 91.0 Å². The Morgan fingerprint density at radius 1 is 0.565 bits per heavy atom. The van der Waals surface area contributed by atoms with Crippen LogP contribution in [-0.4, -0.2) is 0 Å². The minimum absolute atomic E-state index is 0.490. The number of hydrogen-bond acceptors (Lipinski definition) is 0. The molecule has 0 unspecified atom stereocenters. The molecule has 3 atom stereocenters. The van der Waals surface area contributed by atoms with Gasteiger partial charge in [0.25, 0.3) is 0 Å². The Balaban J connectivity index is 1.70. The maximum absolute atomic E-state index is 2.56. The van der Waals surface area contributed by atoms with Crippen molar-refractivity contribution in [1.29, 1.82) is 0 Å². The van der Waals surface area contributed by atoms with E-state index in [0.717, 1.165) is 0 Å². The molecule has 2 N–H and O–H groups in total. The Morgan fingerprint density at radius 2 is 1.04 bits per heavy atom. The van der Waals surface area contributed by atoms with Gasteiger partial charge in [-0.2, -0.15) is 0 Å². The third-order valence-corrected chi connectivity index (χ3v) is 5.02. The third-order valence-electron chi connectivity index (χ3n) is 5.02. The van der Waals surface area contributed by atoms with Gasteiger partial charge in [0.15, 0.2) is 0 Å². The van der Waals surface area contributed by atoms with Crippen LogP contribution in [0.5, 0.6) is 0 Å². The lowest BCUT2D eigenvalue weighted by Gasteiger charge is -2.17. The van der Waals surface area contributed by atoms with Crippen molar-refractivity contribution in [3.63, 3.8) is 0 Å². The Hall–Kier alpha value is -2.38. The van der Waals surface area contributed by atoms with Crippen LogP contribution < -0.4 is 5.32 Å². The Labute approximate surface area is 138 Å². The van der Waals surface area contributed by atoms with E-state index in [1.54, 1.807) is 0 Å². The zero-order valence-electron chi connectivity index (χ0n) is 13.2. The molecule has 1 saturated heterocycles. The van der Waals surface area contributed by atoms with Crippen LogP contribution in [-0.2, 0) is 0 Å². The van der Waals surface area contributed by atoms with Gasteiger partial charge in [-0.05, 0) is 5.56 Å². The largest absolute Gasteiger partial charge is 0.333 e. The first kappa shape index (κ1) is 14.2. The summed E-state index contributed by atoms with van der Waals surface area (Å²) in [6, 6.07) is 33.9. The minimum Gasteiger partial charge on any atom is -0.333 e. The van der Waals surface area contributed by atoms with Gasteiger partial charge in [0.05, 0.1) is 0 Å². The summed E-state index contributed by atoms with van der Waals surface area (Å²) in [6.45, 7) is 0. The van der Waals surface area contributed by atoms with E-state index < -0.39 is 0 Å². The smallest absolute Gasteiger partial charge is 0.119 e. The lowest BCUT2D eigenvalue weighted by atomic mass is 9.86. The number of nitrogens with two attached hydrogens (primary N) is 1. The molecule has 1 heterocycles. The standard InChI is InChI=1S/C22H21N/c1-4-10-17(11-5-1)20-16-21(18-12-6-2-7-13-18)23-22(20)19-14-8-3-9-15-19/h1-15,20-23H,16H2/p+1/t20-,21+,22-/m1/s1. The van der Waals surface area contributed by atoms with Crippen molar-refractivity contribution < 1.29 is 5.32 Å². The molecule has 0 radical (unpaired) electrons. The molecule has 1 aliphatic heterocycles. The van der Waals surface area contributed by atoms with E-state index in [2.05, 4.69) is 96.3 Å². The normalized spacial score (nSPS) is 23.7. The van der Waals surface area contributed by atoms with Gasteiger partial charge < -0.3 is 5.32 Å². The molecule has 0 bridgehead atoms. The van der Waals surface area contributed by atoms with Crippen LogP contribution in [0.3, 0.4) is 0 Å².